The van der Waals surface area contributed by atoms with E-state index >= 15 is 0 Å². The number of aliphatic hydroxyl groups excluding tert-OH is 11. The highest BCUT2D eigenvalue weighted by Crippen LogP contribution is 2.33. The van der Waals surface area contributed by atoms with E-state index in [0.29, 0.717) is 12.8 Å². The average molecular weight is 1220 g/mol. The molecule has 17 atom stereocenters. The largest absolute Gasteiger partial charge is 0.394 e. The zero-order valence-corrected chi connectivity index (χ0v) is 52.0. The zero-order chi connectivity index (χ0) is 62.6. The minimum atomic E-state index is -1.98. The van der Waals surface area contributed by atoms with Crippen molar-refractivity contribution < 1.29 is 89.4 Å². The number of ether oxygens (including phenoxy) is 6. The Labute approximate surface area is 514 Å². The van der Waals surface area contributed by atoms with Gasteiger partial charge in [0.25, 0.3) is 0 Å². The molecule has 0 bridgehead atoms. The summed E-state index contributed by atoms with van der Waals surface area (Å²) in [6, 6.07) is -0.998. The Balaban J connectivity index is 1.46. The second-order valence-corrected chi connectivity index (χ2v) is 23.2. The first-order chi connectivity index (χ1) is 41.8. The van der Waals surface area contributed by atoms with E-state index < -0.39 is 124 Å². The van der Waals surface area contributed by atoms with E-state index in [1.54, 1.807) is 6.08 Å². The Kier molecular flexibility index (Phi) is 43.8. The Morgan fingerprint density at radius 3 is 1.30 bits per heavy atom. The van der Waals surface area contributed by atoms with Gasteiger partial charge in [0.2, 0.25) is 5.91 Å². The Morgan fingerprint density at radius 1 is 0.430 bits per heavy atom. The molecule has 19 nitrogen and oxygen atoms in total. The van der Waals surface area contributed by atoms with Gasteiger partial charge in [0.05, 0.1) is 38.6 Å². The molecule has 0 aliphatic carbocycles. The van der Waals surface area contributed by atoms with Crippen molar-refractivity contribution in [2.45, 2.75) is 304 Å². The summed E-state index contributed by atoms with van der Waals surface area (Å²) in [6.45, 7) is 1.57. The molecule has 0 saturated carbocycles. The second-order valence-electron chi connectivity index (χ2n) is 23.2. The van der Waals surface area contributed by atoms with Crippen molar-refractivity contribution in [1.29, 1.82) is 0 Å². The Hall–Kier alpha value is -3.03. The maximum atomic E-state index is 13.4. The van der Waals surface area contributed by atoms with Gasteiger partial charge in [0.15, 0.2) is 18.9 Å². The highest BCUT2D eigenvalue weighted by molar-refractivity contribution is 5.76. The smallest absolute Gasteiger partial charge is 0.220 e. The number of rotatable bonds is 48. The van der Waals surface area contributed by atoms with E-state index in [-0.39, 0.29) is 18.9 Å². The molecule has 86 heavy (non-hydrogen) atoms. The molecule has 3 aliphatic rings. The van der Waals surface area contributed by atoms with Crippen molar-refractivity contribution in [1.82, 2.24) is 5.32 Å². The molecule has 0 spiro atoms. The monoisotopic (exact) mass is 1220 g/mol. The van der Waals surface area contributed by atoms with Gasteiger partial charge >= 0.3 is 0 Å². The number of amides is 1. The number of hydrogen-bond acceptors (Lipinski definition) is 18. The van der Waals surface area contributed by atoms with Gasteiger partial charge in [-0.05, 0) is 77.0 Å². The zero-order valence-electron chi connectivity index (χ0n) is 52.0. The lowest BCUT2D eigenvalue weighted by atomic mass is 9.96. The van der Waals surface area contributed by atoms with Crippen LogP contribution in [0.15, 0.2) is 85.1 Å². The minimum Gasteiger partial charge on any atom is -0.394 e. The molecule has 17 unspecified atom stereocenters. The van der Waals surface area contributed by atoms with Gasteiger partial charge in [0.1, 0.15) is 73.2 Å². The molecule has 3 heterocycles. The van der Waals surface area contributed by atoms with E-state index in [1.807, 2.05) is 6.08 Å². The fraction of sp³-hybridized carbons (Fsp3) is 0.776. The van der Waals surface area contributed by atoms with Crippen LogP contribution in [0.3, 0.4) is 0 Å². The van der Waals surface area contributed by atoms with Crippen LogP contribution in [0, 0.1) is 0 Å². The van der Waals surface area contributed by atoms with Crippen LogP contribution >= 0.6 is 0 Å². The highest BCUT2D eigenvalue weighted by Gasteiger charge is 2.53. The molecule has 1 amide bonds. The summed E-state index contributed by atoms with van der Waals surface area (Å²) in [4.78, 5) is 13.4. The summed E-state index contributed by atoms with van der Waals surface area (Å²) in [5.41, 5.74) is 0. The van der Waals surface area contributed by atoms with Gasteiger partial charge in [-0.25, -0.2) is 0 Å². The molecule has 0 aromatic heterocycles. The minimum absolute atomic E-state index is 0.223. The van der Waals surface area contributed by atoms with Gasteiger partial charge in [-0.2, -0.15) is 0 Å². The van der Waals surface area contributed by atoms with Crippen molar-refractivity contribution in [3.63, 3.8) is 0 Å². The molecule has 12 N–H and O–H groups in total. The topological polar surface area (TPSA) is 307 Å². The maximum Gasteiger partial charge on any atom is 0.220 e. The molecular weight excluding hydrogens is 1110 g/mol. The summed E-state index contributed by atoms with van der Waals surface area (Å²) in [5, 5.41) is 120. The lowest BCUT2D eigenvalue weighted by Crippen LogP contribution is -2.66. The lowest BCUT2D eigenvalue weighted by Gasteiger charge is -2.48. The number of hydrogen-bond donors (Lipinski definition) is 12. The molecule has 19 heteroatoms. The average Bonchev–Trinajstić information content (AvgIpc) is 3.70. The first-order valence-electron chi connectivity index (χ1n) is 32.8. The van der Waals surface area contributed by atoms with E-state index in [0.717, 1.165) is 83.5 Å². The molecule has 3 fully saturated rings. The molecule has 0 aromatic carbocycles. The number of carbonyl (C=O) groups is 1. The quantitative estimate of drug-likeness (QED) is 0.0207. The Morgan fingerprint density at radius 2 is 0.814 bits per heavy atom. The van der Waals surface area contributed by atoms with Crippen LogP contribution < -0.4 is 5.32 Å². The second kappa shape index (κ2) is 48.8. The van der Waals surface area contributed by atoms with Gasteiger partial charge in [0, 0.05) is 6.42 Å². The molecule has 3 rings (SSSR count). The summed E-state index contributed by atoms with van der Waals surface area (Å²) in [5.74, 6) is -0.296. The van der Waals surface area contributed by atoms with Gasteiger partial charge < -0.3 is 89.9 Å². The Bertz CT molecular complexity index is 1890. The lowest BCUT2D eigenvalue weighted by molar-refractivity contribution is -0.379. The normalized spacial score (nSPS) is 29.3. The first kappa shape index (κ1) is 77.2. The standard InChI is InChI=1S/C67H115NO18/c1-3-5-7-9-11-13-15-17-19-21-22-23-24-25-26-27-28-29-31-33-35-37-39-41-43-45-55(73)68-50(51(72)44-42-40-38-36-34-32-30-20-18-16-14-12-10-8-6-4-2)49-81-65-61(79)58(76)63(53(47-70)83-65)86-67-62(80)59(77)64(54(48-71)84-67)85-66-60(78)57(75)56(74)52(46-69)82-66/h5,7,11,13,17,19,22-23,25-26,34,36,42,44,50-54,56-67,69-72,74-80H,3-4,6,8-10,12,14-16,18,20-21,24,27-33,35,37-41,43,45-49H2,1-2H3,(H,68,73)/b7-5-,13-11-,19-17-,23-22-,26-25-,36-34+,44-42+. The van der Waals surface area contributed by atoms with Gasteiger partial charge in [-0.1, -0.05) is 202 Å². The van der Waals surface area contributed by atoms with Crippen LogP contribution in [-0.2, 0) is 33.2 Å². The van der Waals surface area contributed by atoms with Crippen molar-refractivity contribution in [2.75, 3.05) is 26.4 Å². The van der Waals surface area contributed by atoms with E-state index in [1.165, 1.54) is 83.5 Å². The summed E-state index contributed by atoms with van der Waals surface area (Å²) in [7, 11) is 0. The number of nitrogens with one attached hydrogen (secondary N) is 1. The number of carbonyl (C=O) groups excluding carboxylic acids is 1. The highest BCUT2D eigenvalue weighted by atomic mass is 16.8. The molecule has 0 aromatic rings. The molecule has 3 saturated heterocycles. The molecule has 0 radical (unpaired) electrons. The maximum absolute atomic E-state index is 13.4. The van der Waals surface area contributed by atoms with Crippen LogP contribution in [0.4, 0.5) is 0 Å². The third-order valence-electron chi connectivity index (χ3n) is 15.9. The van der Waals surface area contributed by atoms with Crippen LogP contribution in [0.1, 0.15) is 200 Å². The van der Waals surface area contributed by atoms with E-state index in [9.17, 15) is 61.0 Å². The van der Waals surface area contributed by atoms with Crippen LogP contribution in [0.5, 0.6) is 0 Å². The third kappa shape index (κ3) is 31.1. The van der Waals surface area contributed by atoms with E-state index in [4.69, 9.17) is 28.4 Å². The summed E-state index contributed by atoms with van der Waals surface area (Å²) < 4.78 is 34.3. The first-order valence-corrected chi connectivity index (χ1v) is 32.8. The van der Waals surface area contributed by atoms with Crippen molar-refractivity contribution in [2.24, 2.45) is 0 Å². The summed E-state index contributed by atoms with van der Waals surface area (Å²) in [6.07, 6.45) is 34.1. The van der Waals surface area contributed by atoms with Crippen LogP contribution in [0.2, 0.25) is 0 Å². The number of aliphatic hydroxyl groups is 11. The third-order valence-corrected chi connectivity index (χ3v) is 15.9. The SMILES string of the molecule is CC/C=C\C/C=C\C/C=C\C/C=C\C/C=C\CCCCCCCCCCCC(=O)NC(COC1OC(CO)C(OC2OC(CO)C(OC3OC(CO)C(O)C(O)C3O)C(O)C2O)C(O)C1O)C(O)/C=C/CC/C=C/CCCCCCCCCCCC. The molecule has 3 aliphatic heterocycles. The van der Waals surface area contributed by atoms with E-state index in [2.05, 4.69) is 92.1 Å². The van der Waals surface area contributed by atoms with Crippen molar-refractivity contribution >= 4 is 5.91 Å². The van der Waals surface area contributed by atoms with Crippen molar-refractivity contribution in [3.05, 3.63) is 85.1 Å². The molecule has 496 valence electrons. The fourth-order valence-corrected chi connectivity index (χ4v) is 10.6. The predicted octanol–water partition coefficient (Wildman–Crippen LogP) is 7.54. The summed E-state index contributed by atoms with van der Waals surface area (Å²) >= 11 is 0. The van der Waals surface area contributed by atoms with Gasteiger partial charge in [-0.15, -0.1) is 0 Å². The van der Waals surface area contributed by atoms with Crippen LogP contribution in [0.25, 0.3) is 0 Å². The van der Waals surface area contributed by atoms with Crippen LogP contribution in [-0.4, -0.2) is 193 Å². The molecular formula is C67H115NO18. The fourth-order valence-electron chi connectivity index (χ4n) is 10.6. The number of allylic oxidation sites excluding steroid dienone is 13. The number of unbranched alkanes of at least 4 members (excludes halogenated alkanes) is 20. The van der Waals surface area contributed by atoms with Crippen molar-refractivity contribution in [3.8, 4) is 0 Å². The van der Waals surface area contributed by atoms with Gasteiger partial charge in [-0.3, -0.25) is 4.79 Å². The predicted molar refractivity (Wildman–Crippen MR) is 332 cm³/mol.